The van der Waals surface area contributed by atoms with Crippen LogP contribution in [0.4, 0.5) is 4.79 Å². The molecule has 2 atom stereocenters. The van der Waals surface area contributed by atoms with Gasteiger partial charge in [0.2, 0.25) is 5.91 Å². The fourth-order valence-corrected chi connectivity index (χ4v) is 4.22. The summed E-state index contributed by atoms with van der Waals surface area (Å²) in [5.41, 5.74) is 2.64. The Bertz CT molecular complexity index is 1350. The van der Waals surface area contributed by atoms with Crippen LogP contribution in [-0.2, 0) is 30.3 Å². The number of phenolic OH excluding ortho intramolecular Hbond substituents is 1. The number of benzene rings is 2. The lowest BCUT2D eigenvalue weighted by Crippen LogP contribution is -2.55. The van der Waals surface area contributed by atoms with Crippen LogP contribution in [0.1, 0.15) is 45.7 Å². The number of nitrogens with zero attached hydrogens (tertiary/aromatic N) is 1. The Morgan fingerprint density at radius 2 is 1.67 bits per heavy atom. The maximum absolute atomic E-state index is 13.2. The number of hydrazone groups is 1. The Labute approximate surface area is 269 Å². The summed E-state index contributed by atoms with van der Waals surface area (Å²) in [4.78, 5) is 50.1. The van der Waals surface area contributed by atoms with E-state index in [1.165, 1.54) is 18.3 Å². The number of halogens is 1. The molecule has 0 heterocycles. The van der Waals surface area contributed by atoms with E-state index in [0.29, 0.717) is 28.0 Å². The third-order valence-corrected chi connectivity index (χ3v) is 6.15. The molecule has 0 aliphatic rings. The van der Waals surface area contributed by atoms with Gasteiger partial charge in [0.15, 0.2) is 18.1 Å². The first kappa shape index (κ1) is 36.8. The summed E-state index contributed by atoms with van der Waals surface area (Å²) < 4.78 is 21.7. The smallest absolute Gasteiger partial charge is 0.408 e. The van der Waals surface area contributed by atoms with E-state index in [1.807, 2.05) is 0 Å². The second-order valence-corrected chi connectivity index (χ2v) is 11.3. The Morgan fingerprint density at radius 1 is 0.978 bits per heavy atom. The van der Waals surface area contributed by atoms with Gasteiger partial charge in [0, 0.05) is 6.42 Å². The molecule has 0 radical (unpaired) electrons. The minimum atomic E-state index is -1.41. The molecular weight excluding hydrogens is 656 g/mol. The molecule has 45 heavy (non-hydrogen) atoms. The van der Waals surface area contributed by atoms with E-state index in [1.54, 1.807) is 58.9 Å². The van der Waals surface area contributed by atoms with Crippen molar-refractivity contribution in [3.8, 4) is 17.2 Å². The SMILES string of the molecule is CCOC(=O)COc1c(Br)cc(/C=N\NC(=O)[C@H](Cc2ccc(O)cc2)NC(=O)[C@H](CO)NC(=O)OC(C)(C)C)cc1OCC. The zero-order valence-corrected chi connectivity index (χ0v) is 27.3. The van der Waals surface area contributed by atoms with Crippen LogP contribution in [0.5, 0.6) is 17.2 Å². The second-order valence-electron chi connectivity index (χ2n) is 10.4. The van der Waals surface area contributed by atoms with E-state index in [-0.39, 0.29) is 31.1 Å². The van der Waals surface area contributed by atoms with Crippen molar-refractivity contribution in [1.29, 1.82) is 0 Å². The molecule has 0 bridgehead atoms. The summed E-state index contributed by atoms with van der Waals surface area (Å²) >= 11 is 3.39. The second kappa shape index (κ2) is 17.8. The van der Waals surface area contributed by atoms with Crippen molar-refractivity contribution in [2.24, 2.45) is 5.10 Å². The molecule has 0 aliphatic carbocycles. The standard InChI is InChI=1S/C30H39BrN4O10/c1-6-42-24-14-19(12-21(31)26(24)44-17-25(38)43-7-2)15-32-35-28(40)22(13-18-8-10-20(37)11-9-18)33-27(39)23(16-36)34-29(41)45-30(3,4)5/h8-12,14-15,22-23,36-37H,6-7,13,16-17H2,1-5H3,(H,33,39)(H,34,41)(H,35,40)/b32-15-/t22-,23-/m0/s1. The van der Waals surface area contributed by atoms with Crippen LogP contribution in [-0.4, -0.2) is 84.4 Å². The van der Waals surface area contributed by atoms with Crippen LogP contribution >= 0.6 is 15.9 Å². The van der Waals surface area contributed by atoms with Gasteiger partial charge in [-0.25, -0.2) is 15.0 Å². The summed E-state index contributed by atoms with van der Waals surface area (Å²) in [5, 5.41) is 28.2. The number of alkyl carbamates (subject to hydrolysis) is 1. The van der Waals surface area contributed by atoms with Crippen molar-refractivity contribution in [2.75, 3.05) is 26.4 Å². The normalized spacial score (nSPS) is 12.5. The third-order valence-electron chi connectivity index (χ3n) is 5.56. The fourth-order valence-electron chi connectivity index (χ4n) is 3.64. The van der Waals surface area contributed by atoms with E-state index in [0.717, 1.165) is 0 Å². The molecule has 2 aromatic carbocycles. The average Bonchev–Trinajstić information content (AvgIpc) is 2.95. The van der Waals surface area contributed by atoms with Gasteiger partial charge in [0.05, 0.1) is 30.5 Å². The highest BCUT2D eigenvalue weighted by atomic mass is 79.9. The molecular formula is C30H39BrN4O10. The van der Waals surface area contributed by atoms with E-state index >= 15 is 0 Å². The van der Waals surface area contributed by atoms with E-state index in [2.05, 4.69) is 37.1 Å². The number of hydrogen-bond acceptors (Lipinski definition) is 11. The van der Waals surface area contributed by atoms with Crippen LogP contribution < -0.4 is 25.5 Å². The van der Waals surface area contributed by atoms with Crippen LogP contribution in [0.2, 0.25) is 0 Å². The van der Waals surface area contributed by atoms with Crippen LogP contribution in [0.25, 0.3) is 0 Å². The molecule has 15 heteroatoms. The minimum absolute atomic E-state index is 0.00943. The molecule has 0 saturated heterocycles. The minimum Gasteiger partial charge on any atom is -0.508 e. The number of carbonyl (C=O) groups is 4. The predicted molar refractivity (Wildman–Crippen MR) is 167 cm³/mol. The van der Waals surface area contributed by atoms with E-state index in [9.17, 15) is 29.4 Å². The number of carbonyl (C=O) groups excluding carboxylic acids is 4. The lowest BCUT2D eigenvalue weighted by molar-refractivity contribution is -0.145. The summed E-state index contributed by atoms with van der Waals surface area (Å²) in [6.07, 6.45) is 0.404. The van der Waals surface area contributed by atoms with Crippen molar-refractivity contribution in [1.82, 2.24) is 16.1 Å². The van der Waals surface area contributed by atoms with Crippen molar-refractivity contribution in [3.63, 3.8) is 0 Å². The Hall–Kier alpha value is -4.37. The molecule has 0 spiro atoms. The highest BCUT2D eigenvalue weighted by molar-refractivity contribution is 9.10. The topological polar surface area (TPSA) is 194 Å². The Kier molecular flexibility index (Phi) is 14.6. The molecule has 2 aromatic rings. The van der Waals surface area contributed by atoms with Gasteiger partial charge in [-0.2, -0.15) is 5.10 Å². The monoisotopic (exact) mass is 694 g/mol. The molecule has 5 N–H and O–H groups in total. The fraction of sp³-hybridized carbons (Fsp3) is 0.433. The van der Waals surface area contributed by atoms with Gasteiger partial charge in [-0.15, -0.1) is 0 Å². The first-order valence-corrected chi connectivity index (χ1v) is 14.8. The molecule has 3 amide bonds. The Morgan fingerprint density at radius 3 is 2.27 bits per heavy atom. The van der Waals surface area contributed by atoms with Crippen LogP contribution in [0.3, 0.4) is 0 Å². The van der Waals surface area contributed by atoms with Gasteiger partial charge < -0.3 is 39.8 Å². The van der Waals surface area contributed by atoms with Crippen LogP contribution in [0.15, 0.2) is 46.0 Å². The summed E-state index contributed by atoms with van der Waals surface area (Å²) in [6, 6.07) is 6.63. The first-order chi connectivity index (χ1) is 21.3. The van der Waals surface area contributed by atoms with Gasteiger partial charge >= 0.3 is 12.1 Å². The number of aliphatic hydroxyl groups is 1. The van der Waals surface area contributed by atoms with Crippen molar-refractivity contribution in [3.05, 3.63) is 52.0 Å². The first-order valence-electron chi connectivity index (χ1n) is 14.0. The average molecular weight is 696 g/mol. The van der Waals surface area contributed by atoms with Gasteiger partial charge in [0.1, 0.15) is 23.4 Å². The molecule has 14 nitrogen and oxygen atoms in total. The summed E-state index contributed by atoms with van der Waals surface area (Å²) in [7, 11) is 0. The zero-order chi connectivity index (χ0) is 33.6. The number of aromatic hydroxyl groups is 1. The summed E-state index contributed by atoms with van der Waals surface area (Å²) in [5.74, 6) is -1.48. The quantitative estimate of drug-likeness (QED) is 0.105. The largest absolute Gasteiger partial charge is 0.508 e. The molecule has 2 rings (SSSR count). The molecule has 0 aromatic heterocycles. The number of esters is 1. The van der Waals surface area contributed by atoms with Crippen molar-refractivity contribution >= 4 is 46.0 Å². The Balaban J connectivity index is 2.21. The zero-order valence-electron chi connectivity index (χ0n) is 25.7. The van der Waals surface area contributed by atoms with Crippen LogP contribution in [0, 0.1) is 0 Å². The number of hydrogen-bond donors (Lipinski definition) is 5. The number of amides is 3. The van der Waals surface area contributed by atoms with Crippen molar-refractivity contribution in [2.45, 2.75) is 58.7 Å². The number of nitrogens with one attached hydrogen (secondary N) is 3. The highest BCUT2D eigenvalue weighted by Crippen LogP contribution is 2.36. The van der Waals surface area contributed by atoms with Gasteiger partial charge in [0.25, 0.3) is 5.91 Å². The van der Waals surface area contributed by atoms with E-state index < -0.39 is 48.2 Å². The number of rotatable bonds is 15. The third kappa shape index (κ3) is 13.0. The van der Waals surface area contributed by atoms with Gasteiger partial charge in [-0.05, 0) is 85.9 Å². The van der Waals surface area contributed by atoms with E-state index in [4.69, 9.17) is 18.9 Å². The number of aliphatic hydroxyl groups excluding tert-OH is 1. The molecule has 0 saturated carbocycles. The molecule has 0 aliphatic heterocycles. The lowest BCUT2D eigenvalue weighted by Gasteiger charge is -2.24. The van der Waals surface area contributed by atoms with Gasteiger partial charge in [-0.3, -0.25) is 9.59 Å². The molecule has 0 unspecified atom stereocenters. The molecule has 246 valence electrons. The number of ether oxygens (including phenoxy) is 4. The maximum Gasteiger partial charge on any atom is 0.408 e. The highest BCUT2D eigenvalue weighted by Gasteiger charge is 2.28. The number of phenols is 1. The molecule has 0 fully saturated rings. The van der Waals surface area contributed by atoms with Gasteiger partial charge in [-0.1, -0.05) is 12.1 Å². The predicted octanol–water partition coefficient (Wildman–Crippen LogP) is 2.56. The lowest BCUT2D eigenvalue weighted by atomic mass is 10.0. The summed E-state index contributed by atoms with van der Waals surface area (Å²) in [6.45, 7) is 7.82. The van der Waals surface area contributed by atoms with Crippen molar-refractivity contribution < 1.29 is 48.3 Å². The maximum atomic E-state index is 13.2.